The topological polar surface area (TPSA) is 58.6 Å². The van der Waals surface area contributed by atoms with Crippen LogP contribution in [0.3, 0.4) is 0 Å². The van der Waals surface area contributed by atoms with Crippen molar-refractivity contribution in [2.75, 3.05) is 7.11 Å². The van der Waals surface area contributed by atoms with Crippen LogP contribution in [0.25, 0.3) is 10.8 Å². The average molecular weight is 447 g/mol. The number of rotatable bonds is 8. The molecule has 0 spiro atoms. The van der Waals surface area contributed by atoms with Crippen molar-refractivity contribution in [1.82, 2.24) is 10.2 Å². The van der Waals surface area contributed by atoms with Crippen LogP contribution in [0.2, 0.25) is 0 Å². The fraction of sp³-hybridized carbons (Fsp3) is 0.357. The molecule has 174 valence electrons. The number of amides is 2. The van der Waals surface area contributed by atoms with Gasteiger partial charge in [0.2, 0.25) is 11.8 Å². The number of carbonyl (C=O) groups is 2. The minimum absolute atomic E-state index is 0.0460. The largest absolute Gasteiger partial charge is 0.497 e. The summed E-state index contributed by atoms with van der Waals surface area (Å²) in [5, 5.41) is 5.33. The second kappa shape index (κ2) is 10.5. The summed E-state index contributed by atoms with van der Waals surface area (Å²) in [4.78, 5) is 28.0. The standard InChI is InChI=1S/C28H34N2O3/c1-20(27(32)29-28(2,3)4)30(19-21-13-16-24(33-5)17-14-21)26(31)18-15-23-11-8-10-22-9-6-7-12-25(22)23/h6-14,16-17,20H,15,18-19H2,1-5H3,(H,29,32). The molecule has 1 unspecified atom stereocenters. The summed E-state index contributed by atoms with van der Waals surface area (Å²) in [7, 11) is 1.62. The predicted octanol–water partition coefficient (Wildman–Crippen LogP) is 5.11. The molecule has 0 bridgehead atoms. The monoisotopic (exact) mass is 446 g/mol. The molecule has 3 rings (SSSR count). The summed E-state index contributed by atoms with van der Waals surface area (Å²) >= 11 is 0. The third-order valence-corrected chi connectivity index (χ3v) is 5.67. The van der Waals surface area contributed by atoms with Gasteiger partial charge in [-0.15, -0.1) is 0 Å². The van der Waals surface area contributed by atoms with Crippen LogP contribution in [-0.4, -0.2) is 35.4 Å². The Balaban J connectivity index is 1.80. The first-order valence-electron chi connectivity index (χ1n) is 11.4. The van der Waals surface area contributed by atoms with E-state index < -0.39 is 6.04 Å². The van der Waals surface area contributed by atoms with Crippen molar-refractivity contribution in [3.63, 3.8) is 0 Å². The van der Waals surface area contributed by atoms with Crippen LogP contribution in [0.1, 0.15) is 45.2 Å². The van der Waals surface area contributed by atoms with E-state index in [0.717, 1.165) is 27.6 Å². The molecular formula is C28H34N2O3. The summed E-state index contributed by atoms with van der Waals surface area (Å²) in [6.45, 7) is 7.97. The van der Waals surface area contributed by atoms with Crippen LogP contribution in [-0.2, 0) is 22.6 Å². The van der Waals surface area contributed by atoms with Crippen LogP contribution in [0.15, 0.2) is 66.7 Å². The first-order valence-corrected chi connectivity index (χ1v) is 11.4. The van der Waals surface area contributed by atoms with E-state index in [9.17, 15) is 9.59 Å². The number of aryl methyl sites for hydroxylation is 1. The van der Waals surface area contributed by atoms with Crippen molar-refractivity contribution in [2.24, 2.45) is 0 Å². The van der Waals surface area contributed by atoms with Gasteiger partial charge in [0.05, 0.1) is 7.11 Å². The second-order valence-electron chi connectivity index (χ2n) is 9.42. The summed E-state index contributed by atoms with van der Waals surface area (Å²) in [5.74, 6) is 0.552. The minimum Gasteiger partial charge on any atom is -0.497 e. The Bertz CT molecular complexity index is 1090. The molecule has 3 aromatic rings. The zero-order valence-corrected chi connectivity index (χ0v) is 20.2. The first kappa shape index (κ1) is 24.3. The van der Waals surface area contributed by atoms with E-state index in [1.807, 2.05) is 63.2 Å². The van der Waals surface area contributed by atoms with Crippen molar-refractivity contribution >= 4 is 22.6 Å². The van der Waals surface area contributed by atoms with Gasteiger partial charge in [0, 0.05) is 18.5 Å². The van der Waals surface area contributed by atoms with Crippen LogP contribution < -0.4 is 10.1 Å². The zero-order valence-electron chi connectivity index (χ0n) is 20.2. The fourth-order valence-electron chi connectivity index (χ4n) is 3.88. The zero-order chi connectivity index (χ0) is 24.0. The maximum absolute atomic E-state index is 13.4. The van der Waals surface area contributed by atoms with Crippen LogP contribution in [0.4, 0.5) is 0 Å². The molecule has 0 fully saturated rings. The second-order valence-corrected chi connectivity index (χ2v) is 9.42. The lowest BCUT2D eigenvalue weighted by atomic mass is 10.0. The van der Waals surface area contributed by atoms with Gasteiger partial charge in [0.1, 0.15) is 11.8 Å². The van der Waals surface area contributed by atoms with Gasteiger partial charge in [0.15, 0.2) is 0 Å². The number of nitrogens with zero attached hydrogens (tertiary/aromatic N) is 1. The van der Waals surface area contributed by atoms with E-state index in [-0.39, 0.29) is 17.4 Å². The minimum atomic E-state index is -0.591. The quantitative estimate of drug-likeness (QED) is 0.523. The molecule has 33 heavy (non-hydrogen) atoms. The molecule has 0 saturated carbocycles. The Morgan fingerprint density at radius 1 is 0.970 bits per heavy atom. The van der Waals surface area contributed by atoms with Gasteiger partial charge in [-0.2, -0.15) is 0 Å². The Morgan fingerprint density at radius 2 is 1.64 bits per heavy atom. The summed E-state index contributed by atoms with van der Waals surface area (Å²) in [6.07, 6.45) is 0.949. The van der Waals surface area contributed by atoms with E-state index in [1.54, 1.807) is 18.9 Å². The Labute approximate surface area is 196 Å². The van der Waals surface area contributed by atoms with E-state index in [0.29, 0.717) is 19.4 Å². The molecule has 1 N–H and O–H groups in total. The molecule has 0 aliphatic rings. The smallest absolute Gasteiger partial charge is 0.242 e. The van der Waals surface area contributed by atoms with Gasteiger partial charge >= 0.3 is 0 Å². The molecule has 3 aromatic carbocycles. The van der Waals surface area contributed by atoms with Gasteiger partial charge < -0.3 is 15.0 Å². The highest BCUT2D eigenvalue weighted by molar-refractivity contribution is 5.89. The lowest BCUT2D eigenvalue weighted by molar-refractivity contribution is -0.141. The summed E-state index contributed by atoms with van der Waals surface area (Å²) in [5.41, 5.74) is 1.71. The molecule has 0 heterocycles. The maximum Gasteiger partial charge on any atom is 0.242 e. The van der Waals surface area contributed by atoms with Crippen molar-refractivity contribution in [2.45, 2.75) is 58.7 Å². The average Bonchev–Trinajstić information content (AvgIpc) is 2.79. The normalized spacial score (nSPS) is 12.3. The van der Waals surface area contributed by atoms with Gasteiger partial charge in [-0.05, 0) is 68.1 Å². The number of carbonyl (C=O) groups excluding carboxylic acids is 2. The van der Waals surface area contributed by atoms with Crippen LogP contribution >= 0.6 is 0 Å². The number of nitrogens with one attached hydrogen (secondary N) is 1. The van der Waals surface area contributed by atoms with Crippen LogP contribution in [0.5, 0.6) is 5.75 Å². The molecule has 5 nitrogen and oxygen atoms in total. The molecule has 0 saturated heterocycles. The van der Waals surface area contributed by atoms with E-state index >= 15 is 0 Å². The molecule has 0 aromatic heterocycles. The number of hydrogen-bond donors (Lipinski definition) is 1. The first-order chi connectivity index (χ1) is 15.7. The van der Waals surface area contributed by atoms with Gasteiger partial charge in [-0.25, -0.2) is 0 Å². The van der Waals surface area contributed by atoms with Gasteiger partial charge in [0.25, 0.3) is 0 Å². The molecule has 0 aliphatic heterocycles. The van der Waals surface area contributed by atoms with Gasteiger partial charge in [-0.1, -0.05) is 54.6 Å². The highest BCUT2D eigenvalue weighted by Crippen LogP contribution is 2.21. The number of fused-ring (bicyclic) bond motifs is 1. The van der Waals surface area contributed by atoms with Gasteiger partial charge in [-0.3, -0.25) is 9.59 Å². The van der Waals surface area contributed by atoms with E-state index in [1.165, 1.54) is 0 Å². The highest BCUT2D eigenvalue weighted by Gasteiger charge is 2.28. The van der Waals surface area contributed by atoms with Crippen molar-refractivity contribution in [3.8, 4) is 5.75 Å². The Morgan fingerprint density at radius 3 is 2.30 bits per heavy atom. The maximum atomic E-state index is 13.4. The lowest BCUT2D eigenvalue weighted by Gasteiger charge is -2.31. The molecule has 1 atom stereocenters. The third kappa shape index (κ3) is 6.58. The van der Waals surface area contributed by atoms with E-state index in [4.69, 9.17) is 4.74 Å². The Hall–Kier alpha value is -3.34. The number of hydrogen-bond acceptors (Lipinski definition) is 3. The number of methoxy groups -OCH3 is 1. The summed E-state index contributed by atoms with van der Waals surface area (Å²) < 4.78 is 5.24. The summed E-state index contributed by atoms with van der Waals surface area (Å²) in [6, 6.07) is 21.4. The molecule has 0 radical (unpaired) electrons. The fourth-order valence-corrected chi connectivity index (χ4v) is 3.88. The molecule has 0 aliphatic carbocycles. The number of ether oxygens (including phenoxy) is 1. The van der Waals surface area contributed by atoms with E-state index in [2.05, 4.69) is 29.6 Å². The van der Waals surface area contributed by atoms with Crippen LogP contribution in [0, 0.1) is 0 Å². The molecule has 5 heteroatoms. The highest BCUT2D eigenvalue weighted by atomic mass is 16.5. The molecule has 2 amide bonds. The number of benzene rings is 3. The molecular weight excluding hydrogens is 412 g/mol. The third-order valence-electron chi connectivity index (χ3n) is 5.67. The van der Waals surface area contributed by atoms with Crippen molar-refractivity contribution in [1.29, 1.82) is 0 Å². The predicted molar refractivity (Wildman–Crippen MR) is 133 cm³/mol. The lowest BCUT2D eigenvalue weighted by Crippen LogP contribution is -2.52. The Kier molecular flexibility index (Phi) is 7.75. The van der Waals surface area contributed by atoms with Crippen molar-refractivity contribution in [3.05, 3.63) is 77.9 Å². The SMILES string of the molecule is COc1ccc(CN(C(=O)CCc2cccc3ccccc23)C(C)C(=O)NC(C)(C)C)cc1. The van der Waals surface area contributed by atoms with Crippen molar-refractivity contribution < 1.29 is 14.3 Å².